The summed E-state index contributed by atoms with van der Waals surface area (Å²) in [6.45, 7) is 0. The fraction of sp³-hybridized carbons (Fsp3) is 1.00. The largest absolute Gasteiger partial charge is 0.390 e. The van der Waals surface area contributed by atoms with E-state index in [1.807, 2.05) is 0 Å². The highest BCUT2D eigenvalue weighted by Gasteiger charge is 2.33. The molecule has 2 saturated carbocycles. The first kappa shape index (κ1) is 9.51. The van der Waals surface area contributed by atoms with Gasteiger partial charge in [0.05, 0.1) is 5.60 Å². The molecule has 0 aliphatic heterocycles. The molecule has 0 amide bonds. The van der Waals surface area contributed by atoms with Crippen molar-refractivity contribution in [1.82, 2.24) is 0 Å². The first-order valence-electron chi connectivity index (χ1n) is 6.01. The highest BCUT2D eigenvalue weighted by atomic mass is 16.3. The zero-order valence-corrected chi connectivity index (χ0v) is 8.60. The normalized spacial score (nSPS) is 29.3. The molecule has 0 atom stereocenters. The first-order valence-corrected chi connectivity index (χ1v) is 6.01. The van der Waals surface area contributed by atoms with Gasteiger partial charge in [-0.1, -0.05) is 44.9 Å². The van der Waals surface area contributed by atoms with Crippen LogP contribution in [0.15, 0.2) is 0 Å². The molecule has 2 aliphatic rings. The van der Waals surface area contributed by atoms with E-state index in [0.29, 0.717) is 0 Å². The molecule has 0 aromatic heterocycles. The third kappa shape index (κ3) is 2.46. The fourth-order valence-electron chi connectivity index (χ4n) is 3.17. The predicted octanol–water partition coefficient (Wildman–Crippen LogP) is 3.26. The van der Waals surface area contributed by atoms with Gasteiger partial charge in [0.1, 0.15) is 0 Å². The highest BCUT2D eigenvalue weighted by Crippen LogP contribution is 2.38. The minimum Gasteiger partial charge on any atom is -0.390 e. The molecule has 0 aromatic carbocycles. The molecule has 0 radical (unpaired) electrons. The second-order valence-electron chi connectivity index (χ2n) is 5.14. The molecule has 1 heteroatoms. The Morgan fingerprint density at radius 2 is 1.54 bits per heavy atom. The van der Waals surface area contributed by atoms with Crippen molar-refractivity contribution in [3.8, 4) is 0 Å². The van der Waals surface area contributed by atoms with Crippen LogP contribution in [0, 0.1) is 5.92 Å². The number of rotatable bonds is 2. The summed E-state index contributed by atoms with van der Waals surface area (Å²) in [6.07, 6.45) is 12.7. The van der Waals surface area contributed by atoms with Crippen LogP contribution in [-0.2, 0) is 0 Å². The maximum Gasteiger partial charge on any atom is 0.0650 e. The molecular weight excluding hydrogens is 160 g/mol. The van der Waals surface area contributed by atoms with Gasteiger partial charge in [0.2, 0.25) is 0 Å². The van der Waals surface area contributed by atoms with Crippen LogP contribution in [0.2, 0.25) is 0 Å². The Morgan fingerprint density at radius 3 is 2.15 bits per heavy atom. The summed E-state index contributed by atoms with van der Waals surface area (Å²) in [6, 6.07) is 0. The Balaban J connectivity index is 1.81. The zero-order chi connectivity index (χ0) is 9.15. The van der Waals surface area contributed by atoms with Crippen molar-refractivity contribution in [2.24, 2.45) is 5.92 Å². The monoisotopic (exact) mass is 182 g/mol. The van der Waals surface area contributed by atoms with Crippen molar-refractivity contribution < 1.29 is 5.11 Å². The van der Waals surface area contributed by atoms with E-state index in [9.17, 15) is 5.11 Å². The number of hydrogen-bond donors (Lipinski definition) is 1. The molecule has 76 valence electrons. The van der Waals surface area contributed by atoms with Gasteiger partial charge in [0.25, 0.3) is 0 Å². The molecule has 2 fully saturated rings. The van der Waals surface area contributed by atoms with Gasteiger partial charge in [-0.25, -0.2) is 0 Å². The van der Waals surface area contributed by atoms with Crippen molar-refractivity contribution in [2.45, 2.75) is 69.8 Å². The van der Waals surface area contributed by atoms with Gasteiger partial charge in [-0.05, 0) is 25.2 Å². The molecule has 0 aromatic rings. The van der Waals surface area contributed by atoms with Gasteiger partial charge in [0.15, 0.2) is 0 Å². The van der Waals surface area contributed by atoms with Gasteiger partial charge in [-0.15, -0.1) is 0 Å². The van der Waals surface area contributed by atoms with Crippen LogP contribution in [0.25, 0.3) is 0 Å². The smallest absolute Gasteiger partial charge is 0.0650 e. The lowest BCUT2D eigenvalue weighted by molar-refractivity contribution is 0.0166. The lowest BCUT2D eigenvalue weighted by atomic mass is 9.80. The van der Waals surface area contributed by atoms with Crippen LogP contribution in [0.4, 0.5) is 0 Å². The van der Waals surface area contributed by atoms with E-state index < -0.39 is 0 Å². The topological polar surface area (TPSA) is 20.2 Å². The fourth-order valence-corrected chi connectivity index (χ4v) is 3.17. The van der Waals surface area contributed by atoms with Crippen molar-refractivity contribution >= 4 is 0 Å². The lowest BCUT2D eigenvalue weighted by Crippen LogP contribution is -2.28. The molecule has 2 aliphatic carbocycles. The Labute approximate surface area is 81.5 Å². The molecule has 0 spiro atoms. The molecule has 1 nitrogen and oxygen atoms in total. The third-order valence-electron chi connectivity index (χ3n) is 3.93. The van der Waals surface area contributed by atoms with Gasteiger partial charge in [-0.3, -0.25) is 0 Å². The van der Waals surface area contributed by atoms with E-state index in [2.05, 4.69) is 0 Å². The molecule has 0 heterocycles. The molecule has 0 saturated heterocycles. The molecular formula is C12H22O. The van der Waals surface area contributed by atoms with Crippen molar-refractivity contribution in [1.29, 1.82) is 0 Å². The van der Waals surface area contributed by atoms with Crippen LogP contribution in [0.1, 0.15) is 64.2 Å². The number of aliphatic hydroxyl groups is 1. The predicted molar refractivity (Wildman–Crippen MR) is 54.6 cm³/mol. The molecule has 1 N–H and O–H groups in total. The van der Waals surface area contributed by atoms with Gasteiger partial charge in [-0.2, -0.15) is 0 Å². The second kappa shape index (κ2) is 4.00. The molecule has 2 rings (SSSR count). The van der Waals surface area contributed by atoms with E-state index >= 15 is 0 Å². The minimum atomic E-state index is -0.248. The Hall–Kier alpha value is -0.0400. The quantitative estimate of drug-likeness (QED) is 0.695. The Bertz CT molecular complexity index is 153. The summed E-state index contributed by atoms with van der Waals surface area (Å²) in [5.41, 5.74) is -0.248. The Kier molecular flexibility index (Phi) is 2.92. The van der Waals surface area contributed by atoms with Gasteiger partial charge >= 0.3 is 0 Å². The summed E-state index contributed by atoms with van der Waals surface area (Å²) < 4.78 is 0. The summed E-state index contributed by atoms with van der Waals surface area (Å²) in [7, 11) is 0. The summed E-state index contributed by atoms with van der Waals surface area (Å²) in [4.78, 5) is 0. The summed E-state index contributed by atoms with van der Waals surface area (Å²) in [5.74, 6) is 0.844. The number of hydrogen-bond acceptors (Lipinski definition) is 1. The highest BCUT2D eigenvalue weighted by molar-refractivity contribution is 4.87. The average molecular weight is 182 g/mol. The standard InChI is InChI=1S/C12H22O/c13-12(8-4-5-9-12)10-11-6-2-1-3-7-11/h11,13H,1-10H2. The van der Waals surface area contributed by atoms with Gasteiger partial charge in [0, 0.05) is 0 Å². The zero-order valence-electron chi connectivity index (χ0n) is 8.60. The molecule has 0 bridgehead atoms. The van der Waals surface area contributed by atoms with Crippen LogP contribution in [0.5, 0.6) is 0 Å². The van der Waals surface area contributed by atoms with Crippen molar-refractivity contribution in [2.75, 3.05) is 0 Å². The van der Waals surface area contributed by atoms with Crippen LogP contribution in [0.3, 0.4) is 0 Å². The Morgan fingerprint density at radius 1 is 0.923 bits per heavy atom. The van der Waals surface area contributed by atoms with Crippen molar-refractivity contribution in [3.63, 3.8) is 0 Å². The second-order valence-corrected chi connectivity index (χ2v) is 5.14. The SMILES string of the molecule is OC1(CC2CCCCC2)CCCC1. The summed E-state index contributed by atoms with van der Waals surface area (Å²) >= 11 is 0. The van der Waals surface area contributed by atoms with E-state index in [1.165, 1.54) is 44.9 Å². The summed E-state index contributed by atoms with van der Waals surface area (Å²) in [5, 5.41) is 10.2. The van der Waals surface area contributed by atoms with E-state index in [1.54, 1.807) is 0 Å². The van der Waals surface area contributed by atoms with Gasteiger partial charge < -0.3 is 5.11 Å². The third-order valence-corrected chi connectivity index (χ3v) is 3.93. The van der Waals surface area contributed by atoms with E-state index in [0.717, 1.165) is 25.2 Å². The van der Waals surface area contributed by atoms with E-state index in [4.69, 9.17) is 0 Å². The average Bonchev–Trinajstić information content (AvgIpc) is 2.54. The first-order chi connectivity index (χ1) is 6.29. The minimum absolute atomic E-state index is 0.248. The van der Waals surface area contributed by atoms with Crippen LogP contribution in [-0.4, -0.2) is 10.7 Å². The van der Waals surface area contributed by atoms with Crippen LogP contribution < -0.4 is 0 Å². The molecule has 0 unspecified atom stereocenters. The maximum atomic E-state index is 10.2. The maximum absolute atomic E-state index is 10.2. The lowest BCUT2D eigenvalue weighted by Gasteiger charge is -2.30. The van der Waals surface area contributed by atoms with Crippen LogP contribution >= 0.6 is 0 Å². The van der Waals surface area contributed by atoms with Crippen molar-refractivity contribution in [3.05, 3.63) is 0 Å². The van der Waals surface area contributed by atoms with E-state index in [-0.39, 0.29) is 5.60 Å². The molecule has 13 heavy (non-hydrogen) atoms.